The lowest BCUT2D eigenvalue weighted by Gasteiger charge is -2.72. The van der Waals surface area contributed by atoms with Gasteiger partial charge < -0.3 is 10.2 Å². The van der Waals surface area contributed by atoms with Gasteiger partial charge in [0.2, 0.25) is 0 Å². The van der Waals surface area contributed by atoms with Gasteiger partial charge in [0.05, 0.1) is 5.56 Å². The smallest absolute Gasteiger partial charge is 0.335 e. The van der Waals surface area contributed by atoms with Gasteiger partial charge in [-0.3, -0.25) is 0 Å². The molecule has 9 unspecified atom stereocenters. The van der Waals surface area contributed by atoms with E-state index in [1.165, 1.54) is 49.7 Å². The van der Waals surface area contributed by atoms with Crippen LogP contribution in [-0.4, -0.2) is 22.8 Å². The van der Waals surface area contributed by atoms with E-state index >= 15 is 0 Å². The van der Waals surface area contributed by atoms with E-state index in [2.05, 4.69) is 54.2 Å². The van der Waals surface area contributed by atoms with Crippen molar-refractivity contribution in [3.63, 3.8) is 0 Å². The number of rotatable bonds is 4. The molecule has 4 heteroatoms. The van der Waals surface area contributed by atoms with Crippen molar-refractivity contribution in [2.45, 2.75) is 99.3 Å². The van der Waals surface area contributed by atoms with Crippen molar-refractivity contribution in [3.8, 4) is 0 Å². The molecule has 4 fully saturated rings. The van der Waals surface area contributed by atoms with Crippen LogP contribution in [0.3, 0.4) is 0 Å². The quantitative estimate of drug-likeness (QED) is 0.350. The minimum atomic E-state index is -0.940. The number of aliphatic hydroxyl groups excluding tert-OH is 1. The van der Waals surface area contributed by atoms with Gasteiger partial charge in [0.1, 0.15) is 0 Å². The first-order valence-corrected chi connectivity index (χ1v) is 16.5. The van der Waals surface area contributed by atoms with Crippen LogP contribution in [0.25, 0.3) is 5.57 Å². The summed E-state index contributed by atoms with van der Waals surface area (Å²) in [4.78, 5) is 11.5. The van der Waals surface area contributed by atoms with Crippen LogP contribution in [0.5, 0.6) is 0 Å². The predicted octanol–water partition coefficient (Wildman–Crippen LogP) is 9.68. The molecule has 1 aromatic carbocycles. The molecule has 0 aromatic heterocycles. The lowest BCUT2D eigenvalue weighted by molar-refractivity contribution is -0.228. The molecule has 41 heavy (non-hydrogen) atoms. The first-order chi connectivity index (χ1) is 19.2. The number of carbonyl (C=O) groups is 1. The second-order valence-electron chi connectivity index (χ2n) is 16.2. The molecule has 4 saturated carbocycles. The van der Waals surface area contributed by atoms with Gasteiger partial charge in [-0.1, -0.05) is 70.5 Å². The second-order valence-corrected chi connectivity index (χ2v) is 16.7. The molecule has 5 aliphatic rings. The van der Waals surface area contributed by atoms with Crippen LogP contribution in [0.2, 0.25) is 5.02 Å². The maximum atomic E-state index is 11.5. The van der Waals surface area contributed by atoms with Gasteiger partial charge in [0, 0.05) is 11.6 Å². The van der Waals surface area contributed by atoms with Crippen LogP contribution >= 0.6 is 11.6 Å². The minimum Gasteiger partial charge on any atom is -0.478 e. The average Bonchev–Trinajstić information content (AvgIpc) is 3.30. The fourth-order valence-corrected chi connectivity index (χ4v) is 12.8. The number of carboxylic acids is 1. The Balaban J connectivity index is 1.37. The van der Waals surface area contributed by atoms with Gasteiger partial charge in [-0.05, 0) is 145 Å². The first kappa shape index (κ1) is 29.5. The molecule has 0 spiro atoms. The van der Waals surface area contributed by atoms with Crippen molar-refractivity contribution in [1.82, 2.24) is 0 Å². The Kier molecular flexibility index (Phi) is 6.80. The number of aliphatic hydroxyl groups is 1. The van der Waals surface area contributed by atoms with E-state index < -0.39 is 5.97 Å². The van der Waals surface area contributed by atoms with E-state index in [0.29, 0.717) is 41.2 Å². The van der Waals surface area contributed by atoms with Gasteiger partial charge >= 0.3 is 5.97 Å². The van der Waals surface area contributed by atoms with Crippen LogP contribution in [0.4, 0.5) is 0 Å². The summed E-state index contributed by atoms with van der Waals surface area (Å²) in [6.45, 7) is 19.8. The van der Waals surface area contributed by atoms with Crippen LogP contribution in [0.15, 0.2) is 36.4 Å². The maximum Gasteiger partial charge on any atom is 0.335 e. The van der Waals surface area contributed by atoms with Crippen molar-refractivity contribution in [2.75, 3.05) is 6.61 Å². The summed E-state index contributed by atoms with van der Waals surface area (Å²) in [6.07, 6.45) is 13.3. The third-order valence-electron chi connectivity index (χ3n) is 14.6. The zero-order valence-corrected chi connectivity index (χ0v) is 26.9. The molecule has 0 bridgehead atoms. The molecule has 5 aliphatic carbocycles. The SMILES string of the molecule is C=C(C)C1CCC2(CO)CCC3(C)C(CCC4C5(C)CC=C(c6ccc(C(=O)O)cc6Cl)C(C)(C)C5CCC43C)C12. The molecule has 0 saturated heterocycles. The predicted molar refractivity (Wildman–Crippen MR) is 168 cm³/mol. The van der Waals surface area contributed by atoms with Crippen molar-refractivity contribution in [3.05, 3.63) is 52.6 Å². The molecule has 0 amide bonds. The molecule has 1 aromatic rings. The minimum absolute atomic E-state index is 0.0599. The summed E-state index contributed by atoms with van der Waals surface area (Å²) in [5.41, 5.74) is 4.63. The van der Waals surface area contributed by atoms with Gasteiger partial charge in [0.15, 0.2) is 0 Å². The van der Waals surface area contributed by atoms with E-state index in [1.54, 1.807) is 12.1 Å². The largest absolute Gasteiger partial charge is 0.478 e. The lowest BCUT2D eigenvalue weighted by Crippen LogP contribution is -2.65. The molecule has 3 nitrogen and oxygen atoms in total. The Morgan fingerprint density at radius 2 is 1.71 bits per heavy atom. The summed E-state index contributed by atoms with van der Waals surface area (Å²) in [5, 5.41) is 20.8. The Bertz CT molecular complexity index is 1310. The standard InChI is InChI=1S/C37H51ClO3/c1-22(2)24-12-17-37(21-39)19-18-35(6)27(31(24)37)10-11-30-34(5)15-13-26(25-9-8-23(32(40)41)20-28(25)38)33(3,4)29(34)14-16-36(30,35)7/h8-9,13,20,24,27,29-31,39H,1,10-12,14-19,21H2,2-7H3,(H,40,41). The fourth-order valence-electron chi connectivity index (χ4n) is 12.5. The van der Waals surface area contributed by atoms with Gasteiger partial charge in [-0.25, -0.2) is 4.79 Å². The third-order valence-corrected chi connectivity index (χ3v) is 15.0. The van der Waals surface area contributed by atoms with E-state index in [9.17, 15) is 15.0 Å². The second kappa shape index (κ2) is 9.46. The van der Waals surface area contributed by atoms with Crippen molar-refractivity contribution in [2.24, 2.45) is 56.7 Å². The average molecular weight is 579 g/mol. The molecule has 224 valence electrons. The van der Waals surface area contributed by atoms with E-state index in [1.807, 2.05) is 6.07 Å². The van der Waals surface area contributed by atoms with E-state index in [0.717, 1.165) is 24.8 Å². The zero-order chi connectivity index (χ0) is 29.8. The van der Waals surface area contributed by atoms with Crippen LogP contribution < -0.4 is 0 Å². The van der Waals surface area contributed by atoms with Crippen LogP contribution in [-0.2, 0) is 0 Å². The summed E-state index contributed by atoms with van der Waals surface area (Å²) in [7, 11) is 0. The number of hydrogen-bond acceptors (Lipinski definition) is 2. The molecule has 2 N–H and O–H groups in total. The highest BCUT2D eigenvalue weighted by Gasteiger charge is 2.70. The maximum absolute atomic E-state index is 11.5. The number of allylic oxidation sites excluding steroid dienone is 3. The van der Waals surface area contributed by atoms with Crippen LogP contribution in [0, 0.1) is 56.7 Å². The van der Waals surface area contributed by atoms with Gasteiger partial charge in [-0.2, -0.15) is 0 Å². The Morgan fingerprint density at radius 3 is 2.34 bits per heavy atom. The van der Waals surface area contributed by atoms with Gasteiger partial charge in [0.25, 0.3) is 0 Å². The third kappa shape index (κ3) is 3.83. The van der Waals surface area contributed by atoms with Crippen LogP contribution in [0.1, 0.15) is 115 Å². The van der Waals surface area contributed by atoms with Gasteiger partial charge in [-0.15, -0.1) is 0 Å². The van der Waals surface area contributed by atoms with Crippen molar-refractivity contribution in [1.29, 1.82) is 0 Å². The Morgan fingerprint density at radius 1 is 0.976 bits per heavy atom. The highest BCUT2D eigenvalue weighted by Crippen LogP contribution is 2.77. The Labute approximate surface area is 252 Å². The monoisotopic (exact) mass is 578 g/mol. The van der Waals surface area contributed by atoms with Crippen molar-refractivity contribution < 1.29 is 15.0 Å². The summed E-state index contributed by atoms with van der Waals surface area (Å²) in [5.74, 6) is 2.03. The zero-order valence-electron chi connectivity index (χ0n) is 26.2. The number of hydrogen-bond donors (Lipinski definition) is 2. The molecule has 9 atom stereocenters. The summed E-state index contributed by atoms with van der Waals surface area (Å²) in [6, 6.07) is 5.24. The lowest BCUT2D eigenvalue weighted by atomic mass is 9.32. The number of halogens is 1. The molecular weight excluding hydrogens is 528 g/mol. The molecular formula is C37H51ClO3. The normalized spacial score (nSPS) is 44.6. The fraction of sp³-hybridized carbons (Fsp3) is 0.703. The molecule has 0 radical (unpaired) electrons. The highest BCUT2D eigenvalue weighted by atomic mass is 35.5. The molecule has 0 aliphatic heterocycles. The van der Waals surface area contributed by atoms with E-state index in [4.69, 9.17) is 11.6 Å². The number of carboxylic acid groups (broad SMARTS) is 1. The number of benzene rings is 1. The van der Waals surface area contributed by atoms with E-state index in [-0.39, 0.29) is 32.6 Å². The summed E-state index contributed by atoms with van der Waals surface area (Å²) >= 11 is 6.74. The first-order valence-electron chi connectivity index (χ1n) is 16.2. The van der Waals surface area contributed by atoms with Crippen molar-refractivity contribution >= 4 is 23.1 Å². The highest BCUT2D eigenvalue weighted by molar-refractivity contribution is 6.32. The molecule has 0 heterocycles. The summed E-state index contributed by atoms with van der Waals surface area (Å²) < 4.78 is 0. The Hall–Kier alpha value is -1.58. The molecule has 6 rings (SSSR count). The number of aromatic carboxylic acids is 1. The topological polar surface area (TPSA) is 57.5 Å². The number of fused-ring (bicyclic) bond motifs is 7.